The lowest BCUT2D eigenvalue weighted by molar-refractivity contribution is 0.298. The molecule has 0 fully saturated rings. The molecule has 0 aromatic heterocycles. The Balaban J connectivity index is 1.64. The van der Waals surface area contributed by atoms with Gasteiger partial charge in [0.05, 0.1) is 16.8 Å². The third-order valence-corrected chi connectivity index (χ3v) is 4.43. The topological polar surface area (TPSA) is 30.8 Å². The van der Waals surface area contributed by atoms with Crippen LogP contribution in [0.25, 0.3) is 0 Å². The number of hydrogen-bond acceptors (Lipinski definition) is 3. The van der Waals surface area contributed by atoms with Crippen molar-refractivity contribution in [2.75, 3.05) is 6.61 Å². The van der Waals surface area contributed by atoms with Crippen LogP contribution in [-0.2, 0) is 6.61 Å². The lowest BCUT2D eigenvalue weighted by Gasteiger charge is -2.09. The van der Waals surface area contributed by atoms with Crippen molar-refractivity contribution in [2.24, 2.45) is 4.99 Å². The van der Waals surface area contributed by atoms with E-state index in [0.29, 0.717) is 17.9 Å². The highest BCUT2D eigenvalue weighted by molar-refractivity contribution is 9.10. The van der Waals surface area contributed by atoms with Crippen molar-refractivity contribution in [3.05, 3.63) is 88.1 Å². The Hall–Kier alpha value is -2.66. The Morgan fingerprint density at radius 1 is 1.00 bits per heavy atom. The molecule has 0 heterocycles. The van der Waals surface area contributed by atoms with E-state index >= 15 is 0 Å². The zero-order valence-electron chi connectivity index (χ0n) is 14.9. The van der Waals surface area contributed by atoms with E-state index in [-0.39, 0.29) is 12.4 Å². The van der Waals surface area contributed by atoms with Crippen LogP contribution in [-0.4, -0.2) is 12.8 Å². The first-order valence-electron chi connectivity index (χ1n) is 8.58. The van der Waals surface area contributed by atoms with Crippen molar-refractivity contribution in [3.8, 4) is 11.5 Å². The molecule has 138 valence electrons. The minimum atomic E-state index is -0.271. The number of ether oxygens (including phenoxy) is 2. The average Bonchev–Trinajstić information content (AvgIpc) is 2.68. The molecule has 0 unspecified atom stereocenters. The molecule has 3 aromatic rings. The number of hydrogen-bond donors (Lipinski definition) is 0. The Labute approximate surface area is 166 Å². The van der Waals surface area contributed by atoms with Crippen LogP contribution < -0.4 is 9.47 Å². The minimum Gasteiger partial charge on any atom is -0.494 e. The first kappa shape index (κ1) is 19.1. The van der Waals surface area contributed by atoms with Gasteiger partial charge in [-0.2, -0.15) is 0 Å². The molecule has 27 heavy (non-hydrogen) atoms. The fraction of sp³-hybridized carbons (Fsp3) is 0.136. The molecule has 0 spiro atoms. The molecular weight excluding hydrogens is 409 g/mol. The van der Waals surface area contributed by atoms with Crippen molar-refractivity contribution in [1.29, 1.82) is 0 Å². The van der Waals surface area contributed by atoms with Gasteiger partial charge in [-0.25, -0.2) is 4.39 Å². The number of nitrogens with zero attached hydrogens (tertiary/aromatic N) is 1. The number of halogens is 2. The SMILES string of the molecule is CCOc1ccc(N=Cc2ccc(OCc3ccccc3F)c(Br)c2)cc1. The van der Waals surface area contributed by atoms with Crippen LogP contribution in [0, 0.1) is 5.82 Å². The largest absolute Gasteiger partial charge is 0.494 e. The highest BCUT2D eigenvalue weighted by atomic mass is 79.9. The zero-order chi connectivity index (χ0) is 19.1. The molecule has 0 saturated heterocycles. The van der Waals surface area contributed by atoms with E-state index in [1.807, 2.05) is 49.4 Å². The van der Waals surface area contributed by atoms with Crippen LogP contribution in [0.5, 0.6) is 11.5 Å². The van der Waals surface area contributed by atoms with Crippen LogP contribution in [0.15, 0.2) is 76.2 Å². The van der Waals surface area contributed by atoms with Crippen molar-refractivity contribution in [2.45, 2.75) is 13.5 Å². The molecule has 0 N–H and O–H groups in total. The Morgan fingerprint density at radius 3 is 2.48 bits per heavy atom. The summed E-state index contributed by atoms with van der Waals surface area (Å²) in [7, 11) is 0. The summed E-state index contributed by atoms with van der Waals surface area (Å²) in [4.78, 5) is 4.46. The summed E-state index contributed by atoms with van der Waals surface area (Å²) in [6, 6.07) is 19.8. The van der Waals surface area contributed by atoms with Gasteiger partial charge in [-0.3, -0.25) is 4.99 Å². The van der Waals surface area contributed by atoms with Gasteiger partial charge >= 0.3 is 0 Å². The Bertz CT molecular complexity index is 926. The van der Waals surface area contributed by atoms with Crippen molar-refractivity contribution in [1.82, 2.24) is 0 Å². The first-order chi connectivity index (χ1) is 13.2. The zero-order valence-corrected chi connectivity index (χ0v) is 16.4. The van der Waals surface area contributed by atoms with E-state index in [1.165, 1.54) is 6.07 Å². The molecule has 0 atom stereocenters. The smallest absolute Gasteiger partial charge is 0.134 e. The van der Waals surface area contributed by atoms with E-state index in [4.69, 9.17) is 9.47 Å². The number of benzene rings is 3. The fourth-order valence-electron chi connectivity index (χ4n) is 2.43. The monoisotopic (exact) mass is 427 g/mol. The summed E-state index contributed by atoms with van der Waals surface area (Å²) in [5.41, 5.74) is 2.29. The van der Waals surface area contributed by atoms with Crippen molar-refractivity contribution < 1.29 is 13.9 Å². The standard InChI is InChI=1S/C22H19BrFNO2/c1-2-26-19-10-8-18(9-11-19)25-14-16-7-12-22(20(23)13-16)27-15-17-5-3-4-6-21(17)24/h3-14H,2,15H2,1H3. The Kier molecular flexibility index (Phi) is 6.60. The van der Waals surface area contributed by atoms with Crippen molar-refractivity contribution >= 4 is 27.8 Å². The summed E-state index contributed by atoms with van der Waals surface area (Å²) in [5.74, 6) is 1.21. The molecule has 5 heteroatoms. The maximum atomic E-state index is 13.7. The number of aliphatic imine (C=N–C) groups is 1. The normalized spacial score (nSPS) is 10.9. The molecule has 3 nitrogen and oxygen atoms in total. The van der Waals surface area contributed by atoms with Crippen LogP contribution in [0.4, 0.5) is 10.1 Å². The molecule has 0 saturated carbocycles. The quantitative estimate of drug-likeness (QED) is 0.413. The highest BCUT2D eigenvalue weighted by Crippen LogP contribution is 2.27. The van der Waals surface area contributed by atoms with Gasteiger partial charge in [0.1, 0.15) is 23.9 Å². The third-order valence-electron chi connectivity index (χ3n) is 3.81. The van der Waals surface area contributed by atoms with Gasteiger partial charge in [0.2, 0.25) is 0 Å². The minimum absolute atomic E-state index is 0.172. The van der Waals surface area contributed by atoms with Gasteiger partial charge in [0, 0.05) is 11.8 Å². The van der Waals surface area contributed by atoms with Gasteiger partial charge in [0.15, 0.2) is 0 Å². The highest BCUT2D eigenvalue weighted by Gasteiger charge is 2.05. The van der Waals surface area contributed by atoms with E-state index in [9.17, 15) is 4.39 Å². The van der Waals surface area contributed by atoms with E-state index in [2.05, 4.69) is 20.9 Å². The number of rotatable bonds is 7. The lowest BCUT2D eigenvalue weighted by atomic mass is 10.2. The maximum absolute atomic E-state index is 13.7. The third kappa shape index (κ3) is 5.41. The molecule has 0 aliphatic heterocycles. The van der Waals surface area contributed by atoms with Crippen LogP contribution in [0.1, 0.15) is 18.1 Å². The molecular formula is C22H19BrFNO2. The van der Waals surface area contributed by atoms with E-state index in [1.54, 1.807) is 24.4 Å². The van der Waals surface area contributed by atoms with Gasteiger partial charge in [-0.15, -0.1) is 0 Å². The lowest BCUT2D eigenvalue weighted by Crippen LogP contribution is -1.99. The van der Waals surface area contributed by atoms with Crippen LogP contribution >= 0.6 is 15.9 Å². The molecule has 3 rings (SSSR count). The van der Waals surface area contributed by atoms with Crippen LogP contribution in [0.3, 0.4) is 0 Å². The second-order valence-corrected chi connectivity index (χ2v) is 6.61. The summed E-state index contributed by atoms with van der Waals surface area (Å²) >= 11 is 3.50. The van der Waals surface area contributed by atoms with Gasteiger partial charge in [-0.05, 0) is 76.9 Å². The molecule has 0 bridgehead atoms. The molecule has 0 aliphatic carbocycles. The van der Waals surface area contributed by atoms with Crippen LogP contribution in [0.2, 0.25) is 0 Å². The predicted molar refractivity (Wildman–Crippen MR) is 110 cm³/mol. The molecule has 0 radical (unpaired) electrons. The predicted octanol–water partition coefficient (Wildman–Crippen LogP) is 6.32. The molecule has 0 amide bonds. The molecule has 3 aromatic carbocycles. The summed E-state index contributed by atoms with van der Waals surface area (Å²) < 4.78 is 25.6. The second kappa shape index (κ2) is 9.33. The van der Waals surface area contributed by atoms with E-state index in [0.717, 1.165) is 21.5 Å². The maximum Gasteiger partial charge on any atom is 0.134 e. The fourth-order valence-corrected chi connectivity index (χ4v) is 2.94. The van der Waals surface area contributed by atoms with Crippen molar-refractivity contribution in [3.63, 3.8) is 0 Å². The first-order valence-corrected chi connectivity index (χ1v) is 9.37. The summed E-state index contributed by atoms with van der Waals surface area (Å²) in [6.07, 6.45) is 1.78. The second-order valence-electron chi connectivity index (χ2n) is 5.76. The summed E-state index contributed by atoms with van der Waals surface area (Å²) in [6.45, 7) is 2.76. The Morgan fingerprint density at radius 2 is 1.78 bits per heavy atom. The van der Waals surface area contributed by atoms with E-state index < -0.39 is 0 Å². The van der Waals surface area contributed by atoms with Gasteiger partial charge < -0.3 is 9.47 Å². The van der Waals surface area contributed by atoms with Gasteiger partial charge in [0.25, 0.3) is 0 Å². The molecule has 0 aliphatic rings. The van der Waals surface area contributed by atoms with Gasteiger partial charge in [-0.1, -0.05) is 18.2 Å². The average molecular weight is 428 g/mol. The summed E-state index contributed by atoms with van der Waals surface area (Å²) in [5, 5.41) is 0.